The fourth-order valence-corrected chi connectivity index (χ4v) is 7.11. The highest BCUT2D eigenvalue weighted by molar-refractivity contribution is 7.80. The summed E-state index contributed by atoms with van der Waals surface area (Å²) in [5, 5.41) is 25.3. The van der Waals surface area contributed by atoms with E-state index in [1.807, 2.05) is 19.9 Å². The Bertz CT molecular complexity index is 1490. The number of hydrogen-bond donors (Lipinski definition) is 4. The van der Waals surface area contributed by atoms with Gasteiger partial charge >= 0.3 is 5.97 Å². The first-order chi connectivity index (χ1) is 23.5. The number of allylic oxidation sites excluding steroid dienone is 3. The van der Waals surface area contributed by atoms with Gasteiger partial charge in [-0.1, -0.05) is 42.3 Å². The van der Waals surface area contributed by atoms with Gasteiger partial charge in [0.15, 0.2) is 5.72 Å². The number of methoxy groups -OCH3 is 2. The molecule has 15 heteroatoms. The minimum atomic E-state index is -1.72. The molecule has 3 aliphatic heterocycles. The van der Waals surface area contributed by atoms with Crippen molar-refractivity contribution in [3.63, 3.8) is 0 Å². The fourth-order valence-electron chi connectivity index (χ4n) is 6.60. The maximum Gasteiger partial charge on any atom is 0.328 e. The monoisotopic (exact) mass is 739 g/mol. The number of aliphatic hydroxyl groups is 2. The number of ether oxygens (including phenoxy) is 5. The van der Waals surface area contributed by atoms with Crippen molar-refractivity contribution >= 4 is 47.7 Å². The molecule has 50 heavy (non-hydrogen) atoms. The third-order valence-corrected chi connectivity index (χ3v) is 10.6. The number of amides is 2. The Morgan fingerprint density at radius 1 is 1.30 bits per heavy atom. The number of carbonyl (C=O) groups is 3. The summed E-state index contributed by atoms with van der Waals surface area (Å²) in [4.78, 5) is 42.9. The molecule has 2 amide bonds. The molecule has 4 rings (SSSR count). The van der Waals surface area contributed by atoms with Gasteiger partial charge in [-0.2, -0.15) is 12.6 Å². The average molecular weight is 740 g/mol. The number of aliphatic hydroxyl groups excluding tert-OH is 1. The number of benzene rings is 1. The minimum absolute atomic E-state index is 0.0119. The van der Waals surface area contributed by atoms with Gasteiger partial charge in [-0.25, -0.2) is 10.1 Å². The number of hydrogen-bond acceptors (Lipinski definition) is 12. The number of rotatable bonds is 7. The van der Waals surface area contributed by atoms with Crippen LogP contribution in [-0.2, 0) is 39.8 Å². The lowest BCUT2D eigenvalue weighted by molar-refractivity contribution is -0.271. The largest absolute Gasteiger partial charge is 0.495 e. The highest BCUT2D eigenvalue weighted by Gasteiger charge is 2.64. The van der Waals surface area contributed by atoms with Gasteiger partial charge < -0.3 is 43.7 Å². The minimum Gasteiger partial charge on any atom is -0.495 e. The predicted octanol–water partition coefficient (Wildman–Crippen LogP) is 2.99. The smallest absolute Gasteiger partial charge is 0.328 e. The van der Waals surface area contributed by atoms with E-state index in [4.69, 9.17) is 35.3 Å². The van der Waals surface area contributed by atoms with Crippen molar-refractivity contribution in [3.8, 4) is 5.75 Å². The highest BCUT2D eigenvalue weighted by atomic mass is 35.5. The maximum absolute atomic E-state index is 14.1. The molecule has 1 aromatic rings. The molecule has 0 saturated carbocycles. The molecule has 0 radical (unpaired) electrons. The maximum atomic E-state index is 14.1. The summed E-state index contributed by atoms with van der Waals surface area (Å²) in [5.74, 6) is -1.19. The molecular weight excluding hydrogens is 690 g/mol. The van der Waals surface area contributed by atoms with Crippen LogP contribution < -0.4 is 15.0 Å². The second-order valence-electron chi connectivity index (χ2n) is 13.5. The zero-order chi connectivity index (χ0) is 37.1. The van der Waals surface area contributed by atoms with Crippen molar-refractivity contribution in [2.24, 2.45) is 5.92 Å². The number of carbonyl (C=O) groups excluding carboxylic acids is 3. The van der Waals surface area contributed by atoms with Crippen LogP contribution in [0.25, 0.3) is 0 Å². The average Bonchev–Trinajstić information content (AvgIpc) is 3.76. The van der Waals surface area contributed by atoms with E-state index in [2.05, 4.69) is 17.9 Å². The van der Waals surface area contributed by atoms with Crippen LogP contribution in [0.15, 0.2) is 35.9 Å². The van der Waals surface area contributed by atoms with Crippen LogP contribution in [0.3, 0.4) is 0 Å². The summed E-state index contributed by atoms with van der Waals surface area (Å²) < 4.78 is 29.3. The first kappa shape index (κ1) is 40.1. The summed E-state index contributed by atoms with van der Waals surface area (Å²) in [5.41, 5.74) is -0.735. The second-order valence-corrected chi connectivity index (χ2v) is 14.3. The van der Waals surface area contributed by atoms with Gasteiger partial charge in [-0.15, -0.1) is 0 Å². The Morgan fingerprint density at radius 3 is 2.64 bits per heavy atom. The summed E-state index contributed by atoms with van der Waals surface area (Å²) in [6, 6.07) is 2.63. The topological polar surface area (TPSA) is 160 Å². The van der Waals surface area contributed by atoms with Crippen molar-refractivity contribution in [3.05, 3.63) is 46.5 Å². The first-order valence-corrected chi connectivity index (χ1v) is 17.6. The van der Waals surface area contributed by atoms with Crippen LogP contribution in [-0.4, -0.2) is 115 Å². The number of likely N-dealkylation sites (N-methyl/N-ethyl adjacent to an activating group) is 1. The van der Waals surface area contributed by atoms with Gasteiger partial charge in [-0.3, -0.25) is 9.59 Å². The van der Waals surface area contributed by atoms with E-state index >= 15 is 0 Å². The lowest BCUT2D eigenvalue weighted by Crippen LogP contribution is -2.65. The molecule has 2 saturated heterocycles. The molecule has 0 aliphatic carbocycles. The molecule has 3 N–H and O–H groups in total. The van der Waals surface area contributed by atoms with Crippen molar-refractivity contribution < 1.29 is 48.3 Å². The van der Waals surface area contributed by atoms with Gasteiger partial charge in [-0.05, 0) is 50.6 Å². The van der Waals surface area contributed by atoms with E-state index in [-0.39, 0.29) is 30.2 Å². The van der Waals surface area contributed by atoms with Crippen LogP contribution in [0.2, 0.25) is 5.02 Å². The number of anilines is 1. The van der Waals surface area contributed by atoms with Crippen molar-refractivity contribution in [1.29, 1.82) is 0 Å². The molecular formula is C35H50ClN3O10S. The molecule has 9 atom stereocenters. The van der Waals surface area contributed by atoms with Gasteiger partial charge in [0, 0.05) is 40.0 Å². The fraction of sp³-hybridized carbons (Fsp3) is 0.629. The van der Waals surface area contributed by atoms with E-state index in [9.17, 15) is 24.6 Å². The number of thiol groups is 1. The lowest BCUT2D eigenvalue weighted by Gasteiger charge is -2.44. The van der Waals surface area contributed by atoms with Gasteiger partial charge in [0.2, 0.25) is 18.2 Å². The van der Waals surface area contributed by atoms with E-state index in [1.165, 1.54) is 31.1 Å². The molecule has 13 nitrogen and oxygen atoms in total. The van der Waals surface area contributed by atoms with Gasteiger partial charge in [0.25, 0.3) is 0 Å². The zero-order valence-electron chi connectivity index (χ0n) is 29.8. The molecule has 1 unspecified atom stereocenters. The lowest BCUT2D eigenvalue weighted by atomic mass is 9.83. The van der Waals surface area contributed by atoms with Crippen LogP contribution >= 0.6 is 24.2 Å². The quantitative estimate of drug-likeness (QED) is 0.185. The molecule has 3 heterocycles. The molecule has 0 spiro atoms. The summed E-state index contributed by atoms with van der Waals surface area (Å²) in [6.07, 6.45) is 0.811. The number of nitrogens with one attached hydrogen (secondary N) is 1. The first-order valence-electron chi connectivity index (χ1n) is 16.6. The van der Waals surface area contributed by atoms with Crippen molar-refractivity contribution in [2.75, 3.05) is 39.0 Å². The highest BCUT2D eigenvalue weighted by Crippen LogP contribution is 2.49. The predicted molar refractivity (Wildman–Crippen MR) is 190 cm³/mol. The van der Waals surface area contributed by atoms with E-state index < -0.39 is 66.0 Å². The van der Waals surface area contributed by atoms with Gasteiger partial charge in [0.05, 0.1) is 31.4 Å². The third kappa shape index (κ3) is 8.67. The Kier molecular flexibility index (Phi) is 13.1. The standard InChI is InChI=1S/C35H50ClN3O10S/c1-19-10-9-11-26(46-8)35(44)18-25(47-33(43)37-35)20(2)31-34(4,49-31)27(48-32(42)21(3)38(5)28(40)12-13-50)17-29(41)39(6)23-15-22(14-19)16-24(45-7)30(23)36/h9-11,15-16,20-21,25-27,31,33,37,43-44,50H,12-14,17-18H2,1-8H3/b11-9+,19-10+/t20-,21+,25+,26-,27+,31+,33?,34+,35+/m1/s1. The molecule has 0 aromatic heterocycles. The summed E-state index contributed by atoms with van der Waals surface area (Å²) in [7, 11) is 6.04. The Labute approximate surface area is 304 Å². The number of epoxide rings is 1. The van der Waals surface area contributed by atoms with Crippen LogP contribution in [0.4, 0.5) is 5.69 Å². The SMILES string of the molecule is COc1cc2cc(c1Cl)N(C)C(=O)C[C@H](OC(=O)[C@H](C)N(C)C(=O)CCS)[C@]1(C)O[C@H]1[C@H](C)[C@@H]1C[C@@](O)(NC(O)O1)[C@H](OC)/C=C/C=C(\C)C2. The van der Waals surface area contributed by atoms with Crippen LogP contribution in [0.5, 0.6) is 5.75 Å². The Hall–Kier alpha value is -2.69. The molecule has 4 bridgehead atoms. The number of halogens is 1. The number of nitrogens with zero attached hydrogens (tertiary/aromatic N) is 2. The zero-order valence-corrected chi connectivity index (χ0v) is 31.5. The summed E-state index contributed by atoms with van der Waals surface area (Å²) in [6.45, 7) is 7.05. The number of fused-ring (bicyclic) bond motifs is 5. The third-order valence-electron chi connectivity index (χ3n) is 9.95. The molecule has 2 fully saturated rings. The van der Waals surface area contributed by atoms with Gasteiger partial charge in [0.1, 0.15) is 34.6 Å². The van der Waals surface area contributed by atoms with E-state index in [1.54, 1.807) is 45.2 Å². The Balaban J connectivity index is 1.77. The normalized spacial score (nSPS) is 34.1. The summed E-state index contributed by atoms with van der Waals surface area (Å²) >= 11 is 10.9. The Morgan fingerprint density at radius 2 is 2.00 bits per heavy atom. The molecule has 278 valence electrons. The second kappa shape index (κ2) is 16.3. The molecule has 3 aliphatic rings. The van der Waals surface area contributed by atoms with E-state index in [0.717, 1.165) is 11.1 Å². The number of esters is 1. The molecule has 1 aromatic carbocycles. The van der Waals surface area contributed by atoms with Crippen molar-refractivity contribution in [1.82, 2.24) is 10.2 Å². The van der Waals surface area contributed by atoms with Crippen LogP contribution in [0, 0.1) is 5.92 Å². The van der Waals surface area contributed by atoms with E-state index in [0.29, 0.717) is 23.6 Å². The van der Waals surface area contributed by atoms with Crippen molar-refractivity contribution in [2.45, 2.75) is 102 Å². The van der Waals surface area contributed by atoms with Crippen LogP contribution in [0.1, 0.15) is 52.5 Å².